The van der Waals surface area contributed by atoms with Gasteiger partial charge in [0.15, 0.2) is 0 Å². The van der Waals surface area contributed by atoms with Gasteiger partial charge in [-0.3, -0.25) is 0 Å². The predicted octanol–water partition coefficient (Wildman–Crippen LogP) is 3.56. The molecule has 0 aliphatic heterocycles. The minimum atomic E-state index is 0.201. The Bertz CT molecular complexity index is 477. The molecule has 1 atom stereocenters. The van der Waals surface area contributed by atoms with Crippen molar-refractivity contribution in [1.29, 1.82) is 0 Å². The van der Waals surface area contributed by atoms with E-state index in [1.807, 2.05) is 11.7 Å². The van der Waals surface area contributed by atoms with Crippen LogP contribution in [0.1, 0.15) is 32.5 Å². The molecule has 0 fully saturated rings. The SMILES string of the molecule is CCN(CC)c1ccc(NC(C)c2cscn2)cn1. The van der Waals surface area contributed by atoms with Crippen LogP contribution in [0, 0.1) is 0 Å². The van der Waals surface area contributed by atoms with Gasteiger partial charge in [0.05, 0.1) is 29.1 Å². The Morgan fingerprint density at radius 1 is 1.26 bits per heavy atom. The highest BCUT2D eigenvalue weighted by molar-refractivity contribution is 7.07. The van der Waals surface area contributed by atoms with Crippen molar-refractivity contribution in [1.82, 2.24) is 9.97 Å². The van der Waals surface area contributed by atoms with Crippen LogP contribution in [0.5, 0.6) is 0 Å². The van der Waals surface area contributed by atoms with E-state index < -0.39 is 0 Å². The van der Waals surface area contributed by atoms with Crippen LogP contribution in [0.3, 0.4) is 0 Å². The third kappa shape index (κ3) is 3.44. The normalized spacial score (nSPS) is 12.2. The number of thiazole rings is 1. The molecule has 2 aromatic rings. The number of aromatic nitrogens is 2. The molecular weight excluding hydrogens is 256 g/mol. The van der Waals surface area contributed by atoms with E-state index in [0.717, 1.165) is 30.3 Å². The number of hydrogen-bond donors (Lipinski definition) is 1. The summed E-state index contributed by atoms with van der Waals surface area (Å²) < 4.78 is 0. The summed E-state index contributed by atoms with van der Waals surface area (Å²) >= 11 is 1.62. The molecule has 1 unspecified atom stereocenters. The van der Waals surface area contributed by atoms with Crippen LogP contribution >= 0.6 is 11.3 Å². The number of anilines is 2. The molecule has 102 valence electrons. The van der Waals surface area contributed by atoms with Gasteiger partial charge in [-0.15, -0.1) is 11.3 Å². The van der Waals surface area contributed by atoms with Crippen molar-refractivity contribution in [3.05, 3.63) is 34.9 Å². The van der Waals surface area contributed by atoms with Gasteiger partial charge in [-0.25, -0.2) is 9.97 Å². The Morgan fingerprint density at radius 3 is 2.58 bits per heavy atom. The average Bonchev–Trinajstić information content (AvgIpc) is 2.96. The fourth-order valence-electron chi connectivity index (χ4n) is 1.97. The molecule has 2 heterocycles. The van der Waals surface area contributed by atoms with Crippen LogP contribution < -0.4 is 10.2 Å². The molecule has 0 amide bonds. The van der Waals surface area contributed by atoms with Crippen LogP contribution in [-0.2, 0) is 0 Å². The maximum Gasteiger partial charge on any atom is 0.128 e. The van der Waals surface area contributed by atoms with Gasteiger partial charge < -0.3 is 10.2 Å². The lowest BCUT2D eigenvalue weighted by Gasteiger charge is -2.20. The molecule has 0 aliphatic rings. The van der Waals surface area contributed by atoms with Crippen molar-refractivity contribution in [2.24, 2.45) is 0 Å². The molecule has 0 saturated heterocycles. The van der Waals surface area contributed by atoms with E-state index in [-0.39, 0.29) is 6.04 Å². The van der Waals surface area contributed by atoms with E-state index in [1.165, 1.54) is 0 Å². The van der Waals surface area contributed by atoms with Gasteiger partial charge in [0.1, 0.15) is 5.82 Å². The van der Waals surface area contributed by atoms with Crippen LogP contribution in [0.15, 0.2) is 29.2 Å². The average molecular weight is 276 g/mol. The first kappa shape index (κ1) is 13.8. The van der Waals surface area contributed by atoms with Crippen LogP contribution in [0.2, 0.25) is 0 Å². The Morgan fingerprint density at radius 2 is 2.05 bits per heavy atom. The van der Waals surface area contributed by atoms with Crippen molar-refractivity contribution in [3.8, 4) is 0 Å². The third-order valence-electron chi connectivity index (χ3n) is 3.11. The number of nitrogens with zero attached hydrogens (tertiary/aromatic N) is 3. The summed E-state index contributed by atoms with van der Waals surface area (Å²) in [5.41, 5.74) is 3.95. The quantitative estimate of drug-likeness (QED) is 0.876. The molecule has 19 heavy (non-hydrogen) atoms. The first-order valence-corrected chi connectivity index (χ1v) is 7.54. The van der Waals surface area contributed by atoms with Crippen LogP contribution in [0.25, 0.3) is 0 Å². The third-order valence-corrected chi connectivity index (χ3v) is 3.72. The van der Waals surface area contributed by atoms with Gasteiger partial charge in [-0.2, -0.15) is 0 Å². The molecule has 0 spiro atoms. The monoisotopic (exact) mass is 276 g/mol. The van der Waals surface area contributed by atoms with Gasteiger partial charge in [0.2, 0.25) is 0 Å². The maximum atomic E-state index is 4.50. The molecule has 5 heteroatoms. The van der Waals surface area contributed by atoms with Crippen molar-refractivity contribution < 1.29 is 0 Å². The Kier molecular flexibility index (Phi) is 4.74. The number of pyridine rings is 1. The highest BCUT2D eigenvalue weighted by Gasteiger charge is 2.08. The van der Waals surface area contributed by atoms with Crippen LogP contribution in [-0.4, -0.2) is 23.1 Å². The molecular formula is C14H20N4S. The lowest BCUT2D eigenvalue weighted by Crippen LogP contribution is -2.22. The maximum absolute atomic E-state index is 4.50. The van der Waals surface area contributed by atoms with E-state index >= 15 is 0 Å². The van der Waals surface area contributed by atoms with Gasteiger partial charge >= 0.3 is 0 Å². The molecule has 0 radical (unpaired) electrons. The largest absolute Gasteiger partial charge is 0.376 e. The lowest BCUT2D eigenvalue weighted by atomic mass is 10.2. The zero-order valence-electron chi connectivity index (χ0n) is 11.6. The van der Waals surface area contributed by atoms with Gasteiger partial charge in [-0.05, 0) is 32.9 Å². The summed E-state index contributed by atoms with van der Waals surface area (Å²) in [5.74, 6) is 1.02. The Labute approximate surface area is 118 Å². The summed E-state index contributed by atoms with van der Waals surface area (Å²) in [4.78, 5) is 11.0. The molecule has 0 aliphatic carbocycles. The van der Waals surface area contributed by atoms with E-state index in [1.54, 1.807) is 11.3 Å². The minimum absolute atomic E-state index is 0.201. The second kappa shape index (κ2) is 6.52. The predicted molar refractivity (Wildman–Crippen MR) is 81.9 cm³/mol. The minimum Gasteiger partial charge on any atom is -0.376 e. The van der Waals surface area contributed by atoms with Crippen molar-refractivity contribution in [2.45, 2.75) is 26.8 Å². The molecule has 1 N–H and O–H groups in total. The summed E-state index contributed by atoms with van der Waals surface area (Å²) in [6.45, 7) is 8.34. The first-order valence-electron chi connectivity index (χ1n) is 6.60. The van der Waals surface area contributed by atoms with E-state index in [0.29, 0.717) is 0 Å². The summed E-state index contributed by atoms with van der Waals surface area (Å²) in [6, 6.07) is 4.33. The van der Waals surface area contributed by atoms with Gasteiger partial charge in [0, 0.05) is 18.5 Å². The second-order valence-corrected chi connectivity index (χ2v) is 5.08. The molecule has 4 nitrogen and oxygen atoms in total. The molecule has 2 aromatic heterocycles. The van der Waals surface area contributed by atoms with E-state index in [2.05, 4.69) is 58.5 Å². The number of nitrogens with one attached hydrogen (secondary N) is 1. The smallest absolute Gasteiger partial charge is 0.128 e. The fraction of sp³-hybridized carbons (Fsp3) is 0.429. The zero-order valence-corrected chi connectivity index (χ0v) is 12.4. The lowest BCUT2D eigenvalue weighted by molar-refractivity contribution is 0.837. The van der Waals surface area contributed by atoms with Gasteiger partial charge in [-0.1, -0.05) is 0 Å². The van der Waals surface area contributed by atoms with E-state index in [9.17, 15) is 0 Å². The highest BCUT2D eigenvalue weighted by Crippen LogP contribution is 2.20. The standard InChI is InChI=1S/C14H20N4S/c1-4-18(5-2)14-7-6-12(8-15-14)17-11(3)13-9-19-10-16-13/h6-11,17H,4-5H2,1-3H3. The van der Waals surface area contributed by atoms with Crippen LogP contribution in [0.4, 0.5) is 11.5 Å². The Balaban J connectivity index is 2.02. The highest BCUT2D eigenvalue weighted by atomic mass is 32.1. The fourth-order valence-corrected chi connectivity index (χ4v) is 2.61. The zero-order chi connectivity index (χ0) is 13.7. The van der Waals surface area contributed by atoms with E-state index in [4.69, 9.17) is 0 Å². The molecule has 0 saturated carbocycles. The molecule has 0 bridgehead atoms. The van der Waals surface area contributed by atoms with Gasteiger partial charge in [0.25, 0.3) is 0 Å². The second-order valence-electron chi connectivity index (χ2n) is 4.36. The summed E-state index contributed by atoms with van der Waals surface area (Å²) in [7, 11) is 0. The van der Waals surface area contributed by atoms with Crippen molar-refractivity contribution in [2.75, 3.05) is 23.3 Å². The summed E-state index contributed by atoms with van der Waals surface area (Å²) in [6.07, 6.45) is 1.89. The molecule has 2 rings (SSSR count). The van der Waals surface area contributed by atoms with Crippen molar-refractivity contribution in [3.63, 3.8) is 0 Å². The summed E-state index contributed by atoms with van der Waals surface area (Å²) in [5, 5.41) is 5.47. The first-order chi connectivity index (χ1) is 9.24. The van der Waals surface area contributed by atoms with Crippen molar-refractivity contribution >= 4 is 22.8 Å². The number of hydrogen-bond acceptors (Lipinski definition) is 5. The topological polar surface area (TPSA) is 41.0 Å². The molecule has 0 aromatic carbocycles. The Hall–Kier alpha value is -1.62. The number of rotatable bonds is 6.